The van der Waals surface area contributed by atoms with E-state index in [0.717, 1.165) is 5.03 Å². The highest BCUT2D eigenvalue weighted by molar-refractivity contribution is 7.98. The van der Waals surface area contributed by atoms with Crippen molar-refractivity contribution in [1.29, 1.82) is 0 Å². The Labute approximate surface area is 115 Å². The fourth-order valence-electron chi connectivity index (χ4n) is 1.31. The number of hydrogen-bond donors (Lipinski definition) is 2. The monoisotopic (exact) mass is 277 g/mol. The van der Waals surface area contributed by atoms with E-state index in [1.165, 1.54) is 11.8 Å². The summed E-state index contributed by atoms with van der Waals surface area (Å²) in [6.45, 7) is 0. The largest absolute Gasteiger partial charge is 0.397 e. The van der Waals surface area contributed by atoms with E-state index in [9.17, 15) is 0 Å². The highest BCUT2D eigenvalue weighted by atomic mass is 32.2. The molecular weight excluding hydrogens is 262 g/mol. The molecule has 0 spiro atoms. The van der Waals surface area contributed by atoms with Crippen molar-refractivity contribution < 1.29 is 0 Å². The van der Waals surface area contributed by atoms with Crippen molar-refractivity contribution in [3.63, 3.8) is 0 Å². The molecule has 0 saturated carbocycles. The van der Waals surface area contributed by atoms with Gasteiger partial charge in [0.1, 0.15) is 5.82 Å². The van der Waals surface area contributed by atoms with E-state index in [-0.39, 0.29) is 5.95 Å². The molecule has 0 atom stereocenters. The highest BCUT2D eigenvalue weighted by Gasteiger charge is 2.07. The zero-order chi connectivity index (χ0) is 13.8. The lowest BCUT2D eigenvalue weighted by Crippen LogP contribution is -2.15. The van der Waals surface area contributed by atoms with Gasteiger partial charge in [0.25, 0.3) is 0 Å². The lowest BCUT2D eigenvalue weighted by atomic mass is 10.4. The second kappa shape index (κ2) is 5.70. The highest BCUT2D eigenvalue weighted by Crippen LogP contribution is 2.20. The number of anilines is 3. The molecule has 0 fully saturated rings. The van der Waals surface area contributed by atoms with E-state index in [4.69, 9.17) is 11.5 Å². The fourth-order valence-corrected chi connectivity index (χ4v) is 2.00. The van der Waals surface area contributed by atoms with Crippen LogP contribution in [0.1, 0.15) is 5.82 Å². The van der Waals surface area contributed by atoms with Crippen LogP contribution in [-0.4, -0.2) is 34.0 Å². The van der Waals surface area contributed by atoms with Crippen molar-refractivity contribution in [2.24, 2.45) is 0 Å². The second-order valence-electron chi connectivity index (χ2n) is 4.02. The zero-order valence-corrected chi connectivity index (χ0v) is 11.6. The van der Waals surface area contributed by atoms with Crippen molar-refractivity contribution in [3.8, 4) is 0 Å². The van der Waals surface area contributed by atoms with Crippen LogP contribution in [0.25, 0.3) is 0 Å². The summed E-state index contributed by atoms with van der Waals surface area (Å²) in [5, 5.41) is 0.861. The van der Waals surface area contributed by atoms with Gasteiger partial charge in [-0.05, 0) is 12.1 Å². The lowest BCUT2D eigenvalue weighted by molar-refractivity contribution is 0.918. The topological polar surface area (TPSA) is 107 Å². The van der Waals surface area contributed by atoms with Crippen LogP contribution in [-0.2, 0) is 5.75 Å². The van der Waals surface area contributed by atoms with Crippen LogP contribution < -0.4 is 16.4 Å². The predicted octanol–water partition coefficient (Wildman–Crippen LogP) is 0.789. The van der Waals surface area contributed by atoms with Crippen molar-refractivity contribution in [2.45, 2.75) is 10.8 Å². The van der Waals surface area contributed by atoms with Gasteiger partial charge in [0.2, 0.25) is 11.9 Å². The van der Waals surface area contributed by atoms with Crippen LogP contribution in [0.2, 0.25) is 0 Å². The van der Waals surface area contributed by atoms with Gasteiger partial charge in [0.15, 0.2) is 0 Å². The zero-order valence-electron chi connectivity index (χ0n) is 10.7. The molecule has 0 aliphatic carbocycles. The van der Waals surface area contributed by atoms with Gasteiger partial charge in [-0.15, -0.1) is 0 Å². The average molecular weight is 277 g/mol. The Morgan fingerprint density at radius 3 is 2.58 bits per heavy atom. The number of aromatic nitrogens is 4. The van der Waals surface area contributed by atoms with E-state index in [0.29, 0.717) is 23.2 Å². The Hall–Kier alpha value is -2.09. The average Bonchev–Trinajstić information content (AvgIpc) is 2.37. The Kier molecular flexibility index (Phi) is 4.00. The summed E-state index contributed by atoms with van der Waals surface area (Å²) in [5.74, 6) is 1.97. The van der Waals surface area contributed by atoms with Gasteiger partial charge in [-0.1, -0.05) is 11.8 Å². The molecule has 0 bridgehead atoms. The minimum Gasteiger partial charge on any atom is -0.397 e. The smallest absolute Gasteiger partial charge is 0.229 e. The van der Waals surface area contributed by atoms with Crippen LogP contribution >= 0.6 is 11.8 Å². The molecule has 0 aliphatic rings. The maximum Gasteiger partial charge on any atom is 0.229 e. The van der Waals surface area contributed by atoms with Crippen LogP contribution in [0.15, 0.2) is 23.4 Å². The van der Waals surface area contributed by atoms with Crippen molar-refractivity contribution in [2.75, 3.05) is 30.5 Å². The lowest BCUT2D eigenvalue weighted by Gasteiger charge is -2.11. The molecule has 2 aromatic heterocycles. The van der Waals surface area contributed by atoms with Crippen LogP contribution in [0.4, 0.5) is 17.6 Å². The summed E-state index contributed by atoms with van der Waals surface area (Å²) in [7, 11) is 3.71. The van der Waals surface area contributed by atoms with Gasteiger partial charge in [-0.25, -0.2) is 4.98 Å². The first-order chi connectivity index (χ1) is 9.04. The number of hydrogen-bond acceptors (Lipinski definition) is 8. The van der Waals surface area contributed by atoms with Crippen LogP contribution in [0, 0.1) is 0 Å². The predicted molar refractivity (Wildman–Crippen MR) is 76.8 cm³/mol. The summed E-state index contributed by atoms with van der Waals surface area (Å²) in [6, 6.07) is 3.67. The molecule has 4 N–H and O–H groups in total. The van der Waals surface area contributed by atoms with Gasteiger partial charge >= 0.3 is 0 Å². The molecule has 8 heteroatoms. The third-order valence-corrected chi connectivity index (χ3v) is 3.14. The van der Waals surface area contributed by atoms with Crippen molar-refractivity contribution in [3.05, 3.63) is 24.2 Å². The summed E-state index contributed by atoms with van der Waals surface area (Å²) >= 11 is 1.52. The number of nitrogen functional groups attached to an aromatic ring is 2. The molecule has 0 aliphatic heterocycles. The van der Waals surface area contributed by atoms with E-state index >= 15 is 0 Å². The van der Waals surface area contributed by atoms with E-state index in [2.05, 4.69) is 19.9 Å². The van der Waals surface area contributed by atoms with Crippen molar-refractivity contribution >= 4 is 29.3 Å². The number of rotatable bonds is 4. The van der Waals surface area contributed by atoms with E-state index in [1.54, 1.807) is 11.1 Å². The molecular formula is C11H15N7S. The Bertz CT molecular complexity index is 555. The van der Waals surface area contributed by atoms with Gasteiger partial charge in [-0.2, -0.15) is 15.0 Å². The van der Waals surface area contributed by atoms with Crippen molar-refractivity contribution in [1.82, 2.24) is 19.9 Å². The summed E-state index contributed by atoms with van der Waals surface area (Å²) in [4.78, 5) is 18.4. The summed E-state index contributed by atoms with van der Waals surface area (Å²) in [5.41, 5.74) is 11.9. The van der Waals surface area contributed by atoms with Gasteiger partial charge in [0.05, 0.1) is 22.7 Å². The van der Waals surface area contributed by atoms with Crippen LogP contribution in [0.5, 0.6) is 0 Å². The standard InChI is InChI=1S/C11H15N7S/c1-18(2)11-16-8(15-10(13)17-11)6-19-9-4-3-7(12)5-14-9/h3-5H,6,12H2,1-2H3,(H2,13,15,16,17). The maximum absolute atomic E-state index is 5.66. The Morgan fingerprint density at radius 1 is 1.16 bits per heavy atom. The van der Waals surface area contributed by atoms with E-state index < -0.39 is 0 Å². The molecule has 19 heavy (non-hydrogen) atoms. The molecule has 2 aromatic rings. The molecule has 2 rings (SSSR count). The Balaban J connectivity index is 2.08. The van der Waals surface area contributed by atoms with Gasteiger partial charge in [-0.3, -0.25) is 0 Å². The first-order valence-corrected chi connectivity index (χ1v) is 6.55. The normalized spacial score (nSPS) is 10.4. The molecule has 0 unspecified atom stereocenters. The molecule has 0 amide bonds. The number of thioether (sulfide) groups is 1. The third kappa shape index (κ3) is 3.68. The van der Waals surface area contributed by atoms with Gasteiger partial charge in [0, 0.05) is 14.1 Å². The summed E-state index contributed by atoms with van der Waals surface area (Å²) < 4.78 is 0. The second-order valence-corrected chi connectivity index (χ2v) is 5.02. The molecule has 0 aromatic carbocycles. The first kappa shape index (κ1) is 13.3. The SMILES string of the molecule is CN(C)c1nc(N)nc(CSc2ccc(N)cn2)n1. The third-order valence-electron chi connectivity index (χ3n) is 2.20. The molecule has 100 valence electrons. The molecule has 7 nitrogen and oxygen atoms in total. The van der Waals surface area contributed by atoms with E-state index in [1.807, 2.05) is 26.2 Å². The first-order valence-electron chi connectivity index (χ1n) is 5.56. The molecule has 2 heterocycles. The molecule has 0 radical (unpaired) electrons. The fraction of sp³-hybridized carbons (Fsp3) is 0.273. The van der Waals surface area contributed by atoms with Gasteiger partial charge < -0.3 is 16.4 Å². The number of nitrogens with zero attached hydrogens (tertiary/aromatic N) is 5. The minimum atomic E-state index is 0.222. The number of nitrogens with two attached hydrogens (primary N) is 2. The van der Waals surface area contributed by atoms with Crippen LogP contribution in [0.3, 0.4) is 0 Å². The quantitative estimate of drug-likeness (QED) is 0.790. The minimum absolute atomic E-state index is 0.222. The summed E-state index contributed by atoms with van der Waals surface area (Å²) in [6.07, 6.45) is 1.62. The molecule has 0 saturated heterocycles. The maximum atomic E-state index is 5.66. The Morgan fingerprint density at radius 2 is 1.95 bits per heavy atom. The number of pyridine rings is 1.